The minimum absolute atomic E-state index is 0.180. The van der Waals surface area contributed by atoms with Crippen molar-refractivity contribution in [2.45, 2.75) is 18.5 Å². The number of halogens is 4. The molecule has 96 valence electrons. The maximum Gasteiger partial charge on any atom is 0.417 e. The number of ether oxygens (including phenoxy) is 1. The molecule has 1 unspecified atom stereocenters. The van der Waals surface area contributed by atoms with E-state index in [1.807, 2.05) is 0 Å². The Balaban J connectivity index is 2.35. The summed E-state index contributed by atoms with van der Waals surface area (Å²) in [6.45, 7) is 0. The van der Waals surface area contributed by atoms with E-state index in [9.17, 15) is 22.8 Å². The van der Waals surface area contributed by atoms with Crippen molar-refractivity contribution in [2.75, 3.05) is 0 Å². The Morgan fingerprint density at radius 3 is 2.39 bits per heavy atom. The third-order valence-corrected chi connectivity index (χ3v) is 2.88. The van der Waals surface area contributed by atoms with E-state index < -0.39 is 34.6 Å². The summed E-state index contributed by atoms with van der Waals surface area (Å²) in [6, 6.07) is 2.95. The van der Waals surface area contributed by atoms with Gasteiger partial charge in [0, 0.05) is 0 Å². The van der Waals surface area contributed by atoms with Gasteiger partial charge >= 0.3 is 18.1 Å². The Hall–Kier alpha value is -1.56. The fraction of sp³-hybridized carbons (Fsp3) is 0.273. The maximum absolute atomic E-state index is 12.5. The minimum Gasteiger partial charge on any atom is -0.393 e. The highest BCUT2D eigenvalue weighted by Gasteiger charge is 2.37. The summed E-state index contributed by atoms with van der Waals surface area (Å²) in [7, 11) is 0. The van der Waals surface area contributed by atoms with Crippen LogP contribution in [0.4, 0.5) is 13.2 Å². The van der Waals surface area contributed by atoms with Crippen LogP contribution in [0.1, 0.15) is 23.5 Å². The Morgan fingerprint density at radius 1 is 1.28 bits per heavy atom. The molecule has 1 heterocycles. The van der Waals surface area contributed by atoms with Crippen molar-refractivity contribution < 1.29 is 27.5 Å². The molecule has 0 spiro atoms. The molecule has 0 N–H and O–H groups in total. The molecule has 1 fully saturated rings. The highest BCUT2D eigenvalue weighted by atomic mass is 35.5. The Labute approximate surface area is 104 Å². The van der Waals surface area contributed by atoms with Crippen LogP contribution < -0.4 is 0 Å². The lowest BCUT2D eigenvalue weighted by Crippen LogP contribution is -2.09. The summed E-state index contributed by atoms with van der Waals surface area (Å²) in [6.07, 6.45) is -4.73. The average Bonchev–Trinajstić information content (AvgIpc) is 2.55. The van der Waals surface area contributed by atoms with Gasteiger partial charge in [-0.3, -0.25) is 9.59 Å². The first-order chi connectivity index (χ1) is 8.29. The van der Waals surface area contributed by atoms with Crippen molar-refractivity contribution in [2.24, 2.45) is 0 Å². The van der Waals surface area contributed by atoms with Crippen LogP contribution in [0.25, 0.3) is 0 Å². The third kappa shape index (κ3) is 2.33. The number of hydrogen-bond donors (Lipinski definition) is 0. The van der Waals surface area contributed by atoms with Crippen LogP contribution in [-0.2, 0) is 20.5 Å². The molecule has 1 aliphatic rings. The van der Waals surface area contributed by atoms with Crippen LogP contribution in [0, 0.1) is 0 Å². The van der Waals surface area contributed by atoms with Crippen LogP contribution in [-0.4, -0.2) is 11.9 Å². The monoisotopic (exact) mass is 278 g/mol. The second-order valence-electron chi connectivity index (χ2n) is 3.79. The maximum atomic E-state index is 12.5. The van der Waals surface area contributed by atoms with Crippen molar-refractivity contribution >= 4 is 23.5 Å². The van der Waals surface area contributed by atoms with Crippen molar-refractivity contribution in [1.29, 1.82) is 0 Å². The van der Waals surface area contributed by atoms with Crippen molar-refractivity contribution in [3.05, 3.63) is 34.3 Å². The molecule has 18 heavy (non-hydrogen) atoms. The summed E-state index contributed by atoms with van der Waals surface area (Å²) in [5.74, 6) is -2.34. The van der Waals surface area contributed by atoms with E-state index in [-0.39, 0.29) is 12.0 Å². The molecular weight excluding hydrogens is 273 g/mol. The molecule has 0 bridgehead atoms. The topological polar surface area (TPSA) is 43.4 Å². The van der Waals surface area contributed by atoms with Gasteiger partial charge in [0.25, 0.3) is 0 Å². The third-order valence-electron chi connectivity index (χ3n) is 2.57. The number of hydrogen-bond acceptors (Lipinski definition) is 3. The van der Waals surface area contributed by atoms with E-state index in [4.69, 9.17) is 11.6 Å². The zero-order valence-corrected chi connectivity index (χ0v) is 9.51. The summed E-state index contributed by atoms with van der Waals surface area (Å²) < 4.78 is 41.7. The molecule has 1 atom stereocenters. The Morgan fingerprint density at radius 2 is 1.94 bits per heavy atom. The van der Waals surface area contributed by atoms with Crippen molar-refractivity contribution in [3.63, 3.8) is 0 Å². The molecule has 0 saturated carbocycles. The lowest BCUT2D eigenvalue weighted by Gasteiger charge is -2.11. The van der Waals surface area contributed by atoms with E-state index in [1.165, 1.54) is 0 Å². The predicted octanol–water partition coefficient (Wildman–Crippen LogP) is 2.92. The van der Waals surface area contributed by atoms with E-state index >= 15 is 0 Å². The van der Waals surface area contributed by atoms with Crippen LogP contribution in [0.3, 0.4) is 0 Å². The molecule has 1 aromatic rings. The van der Waals surface area contributed by atoms with E-state index in [0.29, 0.717) is 0 Å². The SMILES string of the molecule is O=C1CC(c2ccc(C(F)(F)F)c(Cl)c2)C(=O)O1. The second kappa shape index (κ2) is 4.28. The Kier molecular flexibility index (Phi) is 3.06. The second-order valence-corrected chi connectivity index (χ2v) is 4.19. The van der Waals surface area contributed by atoms with Gasteiger partial charge in [-0.05, 0) is 17.7 Å². The first kappa shape index (κ1) is 12.9. The minimum atomic E-state index is -4.55. The zero-order valence-electron chi connectivity index (χ0n) is 8.75. The van der Waals surface area contributed by atoms with Crippen molar-refractivity contribution in [1.82, 2.24) is 0 Å². The number of cyclic esters (lactones) is 2. The zero-order chi connectivity index (χ0) is 13.5. The number of esters is 2. The number of benzene rings is 1. The van der Waals surface area contributed by atoms with Gasteiger partial charge in [0.1, 0.15) is 0 Å². The first-order valence-electron chi connectivity index (χ1n) is 4.90. The fourth-order valence-electron chi connectivity index (χ4n) is 1.71. The summed E-state index contributed by atoms with van der Waals surface area (Å²) in [5, 5.41) is -0.507. The summed E-state index contributed by atoms with van der Waals surface area (Å²) in [5.41, 5.74) is -0.741. The molecule has 0 aromatic heterocycles. The molecule has 2 rings (SSSR count). The van der Waals surface area contributed by atoms with Gasteiger partial charge in [0.15, 0.2) is 0 Å². The highest BCUT2D eigenvalue weighted by Crippen LogP contribution is 2.37. The molecule has 0 aliphatic carbocycles. The molecular formula is C11H6ClF3O3. The molecule has 7 heteroatoms. The fourth-order valence-corrected chi connectivity index (χ4v) is 2.00. The number of carbonyl (C=O) groups is 2. The molecule has 0 radical (unpaired) electrons. The number of rotatable bonds is 1. The van der Waals surface area contributed by atoms with E-state index in [0.717, 1.165) is 18.2 Å². The van der Waals surface area contributed by atoms with Crippen LogP contribution >= 0.6 is 11.6 Å². The molecule has 0 amide bonds. The lowest BCUT2D eigenvalue weighted by molar-refractivity contribution is -0.152. The Bertz CT molecular complexity index is 525. The standard InChI is InChI=1S/C11H6ClF3O3/c12-8-3-5(1-2-7(8)11(13,14)15)6-4-9(16)18-10(6)17/h1-3,6H,4H2. The van der Waals surface area contributed by atoms with Crippen LogP contribution in [0.15, 0.2) is 18.2 Å². The quantitative estimate of drug-likeness (QED) is 0.586. The van der Waals surface area contributed by atoms with E-state index in [2.05, 4.69) is 4.74 Å². The molecule has 3 nitrogen and oxygen atoms in total. The largest absolute Gasteiger partial charge is 0.417 e. The summed E-state index contributed by atoms with van der Waals surface area (Å²) >= 11 is 5.52. The van der Waals surface area contributed by atoms with Crippen LogP contribution in [0.2, 0.25) is 5.02 Å². The van der Waals surface area contributed by atoms with Gasteiger partial charge in [-0.1, -0.05) is 17.7 Å². The first-order valence-corrected chi connectivity index (χ1v) is 5.28. The molecule has 1 aromatic carbocycles. The summed E-state index contributed by atoms with van der Waals surface area (Å²) in [4.78, 5) is 22.2. The van der Waals surface area contributed by atoms with Gasteiger partial charge < -0.3 is 4.74 Å². The highest BCUT2D eigenvalue weighted by molar-refractivity contribution is 6.31. The van der Waals surface area contributed by atoms with Gasteiger partial charge in [-0.25, -0.2) is 0 Å². The van der Waals surface area contributed by atoms with Gasteiger partial charge in [-0.15, -0.1) is 0 Å². The molecule has 1 aliphatic heterocycles. The van der Waals surface area contributed by atoms with Gasteiger partial charge in [0.2, 0.25) is 0 Å². The lowest BCUT2D eigenvalue weighted by atomic mass is 9.96. The van der Waals surface area contributed by atoms with Gasteiger partial charge in [-0.2, -0.15) is 13.2 Å². The number of alkyl halides is 3. The predicted molar refractivity (Wildman–Crippen MR) is 54.9 cm³/mol. The smallest absolute Gasteiger partial charge is 0.393 e. The average molecular weight is 279 g/mol. The normalized spacial score (nSPS) is 20.1. The van der Waals surface area contributed by atoms with E-state index in [1.54, 1.807) is 0 Å². The van der Waals surface area contributed by atoms with Crippen LogP contribution in [0.5, 0.6) is 0 Å². The van der Waals surface area contributed by atoms with Gasteiger partial charge in [0.05, 0.1) is 22.9 Å². The number of carbonyl (C=O) groups excluding carboxylic acids is 2. The van der Waals surface area contributed by atoms with Crippen molar-refractivity contribution in [3.8, 4) is 0 Å². The molecule has 1 saturated heterocycles.